The second-order valence-corrected chi connectivity index (χ2v) is 8.33. The van der Waals surface area contributed by atoms with E-state index in [1.165, 1.54) is 5.56 Å². The summed E-state index contributed by atoms with van der Waals surface area (Å²) in [7, 11) is -1.49. The van der Waals surface area contributed by atoms with Crippen molar-refractivity contribution in [3.8, 4) is 5.75 Å². The maximum atomic E-state index is 11.5. The Morgan fingerprint density at radius 2 is 2.04 bits per heavy atom. The van der Waals surface area contributed by atoms with Gasteiger partial charge >= 0.3 is 0 Å². The fourth-order valence-electron chi connectivity index (χ4n) is 2.99. The van der Waals surface area contributed by atoms with Crippen molar-refractivity contribution in [1.82, 2.24) is 14.9 Å². The monoisotopic (exact) mass is 382 g/mol. The van der Waals surface area contributed by atoms with E-state index in [1.54, 1.807) is 14.0 Å². The van der Waals surface area contributed by atoms with E-state index in [2.05, 4.69) is 32.1 Å². The minimum absolute atomic E-state index is 0.0897. The molecule has 0 radical (unpaired) electrons. The number of benzene rings is 1. The Kier molecular flexibility index (Phi) is 7.71. The van der Waals surface area contributed by atoms with E-state index in [4.69, 9.17) is 4.74 Å². The van der Waals surface area contributed by atoms with Crippen molar-refractivity contribution in [1.29, 1.82) is 0 Å². The van der Waals surface area contributed by atoms with Gasteiger partial charge in [0, 0.05) is 32.1 Å². The first-order valence-corrected chi connectivity index (χ1v) is 10.8. The predicted octanol–water partition coefficient (Wildman–Crippen LogP) is 1.39. The van der Waals surface area contributed by atoms with Crippen LogP contribution in [0.1, 0.15) is 31.7 Å². The number of hydrogen-bond donors (Lipinski definition) is 2. The number of rotatable bonds is 8. The summed E-state index contributed by atoms with van der Waals surface area (Å²) in [5, 5.41) is 3.31. The van der Waals surface area contributed by atoms with Crippen LogP contribution in [0.5, 0.6) is 5.75 Å². The molecule has 1 unspecified atom stereocenters. The van der Waals surface area contributed by atoms with Crippen molar-refractivity contribution in [2.45, 2.75) is 26.2 Å². The molecule has 1 aromatic rings. The number of guanidine groups is 1. The van der Waals surface area contributed by atoms with Gasteiger partial charge in [0.15, 0.2) is 5.96 Å². The van der Waals surface area contributed by atoms with Crippen LogP contribution in [0.15, 0.2) is 29.3 Å². The molecule has 7 nitrogen and oxygen atoms in total. The molecule has 146 valence electrons. The molecule has 1 aromatic carbocycles. The third-order valence-electron chi connectivity index (χ3n) is 4.49. The molecule has 1 atom stereocenters. The number of aliphatic imine (C=N–C) groups is 1. The lowest BCUT2D eigenvalue weighted by molar-refractivity contribution is 0.414. The number of sulfonamides is 1. The van der Waals surface area contributed by atoms with Crippen molar-refractivity contribution >= 4 is 16.0 Å². The number of ether oxygens (including phenoxy) is 1. The quantitative estimate of drug-likeness (QED) is 0.403. The van der Waals surface area contributed by atoms with E-state index >= 15 is 0 Å². The Hall–Kier alpha value is -1.80. The lowest BCUT2D eigenvalue weighted by Gasteiger charge is -2.22. The molecular weight excluding hydrogens is 352 g/mol. The normalized spacial score (nSPS) is 18.2. The highest BCUT2D eigenvalue weighted by Crippen LogP contribution is 2.28. The molecule has 1 saturated heterocycles. The number of likely N-dealkylation sites (tertiary alicyclic amines) is 1. The zero-order chi connectivity index (χ0) is 19.0. The highest BCUT2D eigenvalue weighted by molar-refractivity contribution is 7.89. The number of methoxy groups -OCH3 is 1. The molecule has 0 spiro atoms. The van der Waals surface area contributed by atoms with Gasteiger partial charge in [-0.1, -0.05) is 12.1 Å². The van der Waals surface area contributed by atoms with E-state index in [0.29, 0.717) is 19.0 Å². The highest BCUT2D eigenvalue weighted by Gasteiger charge is 2.26. The van der Waals surface area contributed by atoms with E-state index in [9.17, 15) is 8.42 Å². The van der Waals surface area contributed by atoms with Crippen LogP contribution in [0, 0.1) is 0 Å². The summed E-state index contributed by atoms with van der Waals surface area (Å²) in [4.78, 5) is 6.82. The van der Waals surface area contributed by atoms with Gasteiger partial charge in [0.2, 0.25) is 10.0 Å². The maximum absolute atomic E-state index is 11.5. The SMILES string of the molecule is CCNC(=NCCNS(=O)(=O)CC)N1CCC(c2ccc(OC)cc2)C1. The zero-order valence-electron chi connectivity index (χ0n) is 15.9. The molecule has 2 rings (SSSR count). The summed E-state index contributed by atoms with van der Waals surface area (Å²) >= 11 is 0. The molecule has 26 heavy (non-hydrogen) atoms. The first-order chi connectivity index (χ1) is 12.5. The number of nitrogens with zero attached hydrogens (tertiary/aromatic N) is 2. The van der Waals surface area contributed by atoms with Crippen LogP contribution in [0.2, 0.25) is 0 Å². The van der Waals surface area contributed by atoms with E-state index in [1.807, 2.05) is 19.1 Å². The second-order valence-electron chi connectivity index (χ2n) is 6.24. The first kappa shape index (κ1) is 20.5. The minimum Gasteiger partial charge on any atom is -0.497 e. The standard InChI is InChI=1S/C18H30N4O3S/c1-4-19-18(20-11-12-21-26(23,24)5-2)22-13-10-16(14-22)15-6-8-17(25-3)9-7-15/h6-9,16,21H,4-5,10-14H2,1-3H3,(H,19,20). The summed E-state index contributed by atoms with van der Waals surface area (Å²) in [6, 6.07) is 8.24. The van der Waals surface area contributed by atoms with Gasteiger partial charge in [-0.05, 0) is 38.0 Å². The lowest BCUT2D eigenvalue weighted by Crippen LogP contribution is -2.40. The molecule has 1 fully saturated rings. The molecule has 0 aliphatic carbocycles. The van der Waals surface area contributed by atoms with Gasteiger partial charge in [-0.15, -0.1) is 0 Å². The highest BCUT2D eigenvalue weighted by atomic mass is 32.2. The van der Waals surface area contributed by atoms with Crippen LogP contribution < -0.4 is 14.8 Å². The van der Waals surface area contributed by atoms with Crippen LogP contribution >= 0.6 is 0 Å². The molecule has 2 N–H and O–H groups in total. The van der Waals surface area contributed by atoms with Crippen molar-refractivity contribution < 1.29 is 13.2 Å². The van der Waals surface area contributed by atoms with Crippen LogP contribution in [0.25, 0.3) is 0 Å². The molecule has 1 heterocycles. The first-order valence-electron chi connectivity index (χ1n) is 9.13. The molecule has 8 heteroatoms. The topological polar surface area (TPSA) is 83.0 Å². The predicted molar refractivity (Wildman–Crippen MR) is 105 cm³/mol. The molecular formula is C18H30N4O3S. The number of nitrogens with one attached hydrogen (secondary N) is 2. The summed E-state index contributed by atoms with van der Waals surface area (Å²) in [5.74, 6) is 2.27. The lowest BCUT2D eigenvalue weighted by atomic mass is 9.98. The summed E-state index contributed by atoms with van der Waals surface area (Å²) in [6.45, 7) is 7.02. The summed E-state index contributed by atoms with van der Waals surface area (Å²) < 4.78 is 30.7. The molecule has 1 aliphatic rings. The van der Waals surface area contributed by atoms with Crippen molar-refractivity contribution in [3.05, 3.63) is 29.8 Å². The summed E-state index contributed by atoms with van der Waals surface area (Å²) in [6.07, 6.45) is 1.07. The van der Waals surface area contributed by atoms with Crippen molar-refractivity contribution in [2.75, 3.05) is 45.6 Å². The van der Waals surface area contributed by atoms with Crippen LogP contribution in [-0.4, -0.2) is 64.9 Å². The van der Waals surface area contributed by atoms with Gasteiger partial charge < -0.3 is 15.0 Å². The molecule has 0 bridgehead atoms. The van der Waals surface area contributed by atoms with Gasteiger partial charge in [0.1, 0.15) is 5.75 Å². The number of hydrogen-bond acceptors (Lipinski definition) is 4. The Labute approximate surface area is 156 Å². The fourth-order valence-corrected chi connectivity index (χ4v) is 3.60. The molecule has 0 amide bonds. The Balaban J connectivity index is 1.94. The average Bonchev–Trinajstić information content (AvgIpc) is 3.14. The Morgan fingerprint density at radius 3 is 2.65 bits per heavy atom. The van der Waals surface area contributed by atoms with Gasteiger partial charge in [-0.3, -0.25) is 4.99 Å². The second kappa shape index (κ2) is 9.78. The fraction of sp³-hybridized carbons (Fsp3) is 0.611. The van der Waals surface area contributed by atoms with Crippen molar-refractivity contribution in [3.63, 3.8) is 0 Å². The van der Waals surface area contributed by atoms with Crippen molar-refractivity contribution in [2.24, 2.45) is 4.99 Å². The van der Waals surface area contributed by atoms with Crippen LogP contribution in [-0.2, 0) is 10.0 Å². The average molecular weight is 383 g/mol. The largest absolute Gasteiger partial charge is 0.497 e. The van der Waals surface area contributed by atoms with Crippen LogP contribution in [0.3, 0.4) is 0 Å². The third-order valence-corrected chi connectivity index (χ3v) is 5.89. The van der Waals surface area contributed by atoms with Gasteiger partial charge in [-0.2, -0.15) is 0 Å². The third kappa shape index (κ3) is 5.88. The Bertz CT molecular complexity index is 689. The van der Waals surface area contributed by atoms with Gasteiger partial charge in [-0.25, -0.2) is 13.1 Å². The maximum Gasteiger partial charge on any atom is 0.211 e. The minimum atomic E-state index is -3.16. The zero-order valence-corrected chi connectivity index (χ0v) is 16.7. The van der Waals surface area contributed by atoms with Gasteiger partial charge in [0.25, 0.3) is 0 Å². The smallest absolute Gasteiger partial charge is 0.211 e. The van der Waals surface area contributed by atoms with Crippen LogP contribution in [0.4, 0.5) is 0 Å². The molecule has 1 aliphatic heterocycles. The van der Waals surface area contributed by atoms with E-state index in [-0.39, 0.29) is 5.75 Å². The summed E-state index contributed by atoms with van der Waals surface area (Å²) in [5.41, 5.74) is 1.31. The van der Waals surface area contributed by atoms with E-state index < -0.39 is 10.0 Å². The molecule has 0 aromatic heterocycles. The van der Waals surface area contributed by atoms with E-state index in [0.717, 1.165) is 37.8 Å². The van der Waals surface area contributed by atoms with Gasteiger partial charge in [0.05, 0.1) is 19.4 Å². The Morgan fingerprint density at radius 1 is 1.31 bits per heavy atom. The molecule has 0 saturated carbocycles.